The Hall–Kier alpha value is -1.84. The summed E-state index contributed by atoms with van der Waals surface area (Å²) in [5.41, 5.74) is 5.02. The zero-order valence-corrected chi connectivity index (χ0v) is 10.8. The van der Waals surface area contributed by atoms with E-state index in [-0.39, 0.29) is 19.1 Å². The van der Waals surface area contributed by atoms with E-state index in [0.717, 1.165) is 4.88 Å². The summed E-state index contributed by atoms with van der Waals surface area (Å²) >= 11 is 1.25. The molecule has 0 spiro atoms. The molecule has 0 atom stereocenters. The van der Waals surface area contributed by atoms with Crippen LogP contribution in [-0.4, -0.2) is 42.0 Å². The Balaban J connectivity index is 2.71. The Labute approximate surface area is 109 Å². The second-order valence-electron chi connectivity index (χ2n) is 3.57. The minimum atomic E-state index is -0.551. The number of likely N-dealkylation sites (N-methyl/N-ethyl adjacent to an activating group) is 1. The Morgan fingerprint density at radius 1 is 1.50 bits per heavy atom. The maximum atomic E-state index is 11.9. The summed E-state index contributed by atoms with van der Waals surface area (Å²) in [5.74, 6) is 4.82. The molecule has 96 valence electrons. The number of thiophene rings is 1. The van der Waals surface area contributed by atoms with Crippen molar-refractivity contribution in [3.8, 4) is 11.8 Å². The van der Waals surface area contributed by atoms with Gasteiger partial charge in [0.05, 0.1) is 22.9 Å². The summed E-state index contributed by atoms with van der Waals surface area (Å²) < 4.78 is 0. The molecule has 0 bridgehead atoms. The highest BCUT2D eigenvalue weighted by atomic mass is 32.1. The van der Waals surface area contributed by atoms with Gasteiger partial charge in [-0.15, -0.1) is 11.3 Å². The molecule has 0 radical (unpaired) electrons. The van der Waals surface area contributed by atoms with E-state index < -0.39 is 5.91 Å². The monoisotopic (exact) mass is 266 g/mol. The Morgan fingerprint density at radius 3 is 2.83 bits per heavy atom. The largest absolute Gasteiger partial charge is 0.395 e. The first-order chi connectivity index (χ1) is 8.54. The Morgan fingerprint density at radius 2 is 2.22 bits per heavy atom. The van der Waals surface area contributed by atoms with Gasteiger partial charge < -0.3 is 15.7 Å². The zero-order chi connectivity index (χ0) is 13.5. The SMILES string of the molecule is CN(CC(N)=O)C(=O)c1ccc(C#CCCO)s1. The average molecular weight is 266 g/mol. The van der Waals surface area contributed by atoms with Gasteiger partial charge in [0.2, 0.25) is 5.91 Å². The molecular weight excluding hydrogens is 252 g/mol. The molecule has 0 saturated heterocycles. The highest BCUT2D eigenvalue weighted by Gasteiger charge is 2.15. The molecule has 3 N–H and O–H groups in total. The summed E-state index contributed by atoms with van der Waals surface area (Å²) in [6.45, 7) is -0.0895. The van der Waals surface area contributed by atoms with Crippen LogP contribution in [0.1, 0.15) is 21.0 Å². The molecule has 1 aromatic heterocycles. The number of rotatable bonds is 4. The number of hydrogen-bond donors (Lipinski definition) is 2. The molecule has 0 aromatic carbocycles. The van der Waals surface area contributed by atoms with Crippen LogP contribution in [-0.2, 0) is 4.79 Å². The second kappa shape index (κ2) is 6.79. The minimum Gasteiger partial charge on any atom is -0.395 e. The second-order valence-corrected chi connectivity index (χ2v) is 4.65. The van der Waals surface area contributed by atoms with Gasteiger partial charge in [-0.25, -0.2) is 0 Å². The predicted molar refractivity (Wildman–Crippen MR) is 69.1 cm³/mol. The van der Waals surface area contributed by atoms with E-state index in [1.165, 1.54) is 23.3 Å². The molecule has 0 aliphatic heterocycles. The topological polar surface area (TPSA) is 83.6 Å². The molecule has 2 amide bonds. The molecule has 0 aliphatic rings. The van der Waals surface area contributed by atoms with Crippen molar-refractivity contribution in [2.75, 3.05) is 20.2 Å². The molecule has 1 heterocycles. The van der Waals surface area contributed by atoms with E-state index in [2.05, 4.69) is 11.8 Å². The standard InChI is InChI=1S/C12H14N2O3S/c1-14(8-11(13)16)12(17)10-6-5-9(18-10)4-2-3-7-15/h5-6,15H,3,7-8H2,1H3,(H2,13,16). The van der Waals surface area contributed by atoms with Gasteiger partial charge in [-0.3, -0.25) is 9.59 Å². The molecule has 6 heteroatoms. The van der Waals surface area contributed by atoms with Gasteiger partial charge >= 0.3 is 0 Å². The number of aliphatic hydroxyl groups excluding tert-OH is 1. The fraction of sp³-hybridized carbons (Fsp3) is 0.333. The van der Waals surface area contributed by atoms with Crippen molar-refractivity contribution >= 4 is 23.2 Å². The number of nitrogens with two attached hydrogens (primary N) is 1. The highest BCUT2D eigenvalue weighted by Crippen LogP contribution is 2.17. The van der Waals surface area contributed by atoms with Gasteiger partial charge in [-0.1, -0.05) is 11.8 Å². The van der Waals surface area contributed by atoms with Crippen molar-refractivity contribution in [2.24, 2.45) is 5.73 Å². The summed E-state index contributed by atoms with van der Waals surface area (Å²) in [6.07, 6.45) is 0.406. The number of carbonyl (C=O) groups is 2. The fourth-order valence-electron chi connectivity index (χ4n) is 1.22. The molecule has 1 aromatic rings. The van der Waals surface area contributed by atoms with E-state index in [0.29, 0.717) is 11.3 Å². The normalized spacial score (nSPS) is 9.44. The van der Waals surface area contributed by atoms with E-state index in [9.17, 15) is 9.59 Å². The molecule has 1 rings (SSSR count). The van der Waals surface area contributed by atoms with E-state index in [4.69, 9.17) is 10.8 Å². The lowest BCUT2D eigenvalue weighted by molar-refractivity contribution is -0.118. The van der Waals surface area contributed by atoms with Gasteiger partial charge in [0.15, 0.2) is 0 Å². The third-order valence-electron chi connectivity index (χ3n) is 2.00. The van der Waals surface area contributed by atoms with Crippen molar-refractivity contribution < 1.29 is 14.7 Å². The van der Waals surface area contributed by atoms with Crippen LogP contribution in [0.25, 0.3) is 0 Å². The van der Waals surface area contributed by atoms with Gasteiger partial charge in [0, 0.05) is 13.5 Å². The molecular formula is C12H14N2O3S. The van der Waals surface area contributed by atoms with Crippen LogP contribution in [0.2, 0.25) is 0 Å². The lowest BCUT2D eigenvalue weighted by atomic mass is 10.3. The van der Waals surface area contributed by atoms with Crippen LogP contribution < -0.4 is 5.73 Å². The van der Waals surface area contributed by atoms with Crippen LogP contribution >= 0.6 is 11.3 Å². The number of primary amides is 1. The first kappa shape index (κ1) is 14.2. The van der Waals surface area contributed by atoms with E-state index >= 15 is 0 Å². The predicted octanol–water partition coefficient (Wildman–Crippen LogP) is 0.0393. The quantitative estimate of drug-likeness (QED) is 0.755. The highest BCUT2D eigenvalue weighted by molar-refractivity contribution is 7.14. The molecule has 0 unspecified atom stereocenters. The lowest BCUT2D eigenvalue weighted by Gasteiger charge is -2.13. The maximum absolute atomic E-state index is 11.9. The summed E-state index contributed by atoms with van der Waals surface area (Å²) in [7, 11) is 1.52. The number of carbonyl (C=O) groups excluding carboxylic acids is 2. The van der Waals surface area contributed by atoms with Crippen molar-refractivity contribution in [1.82, 2.24) is 4.90 Å². The number of aliphatic hydroxyl groups is 1. The maximum Gasteiger partial charge on any atom is 0.264 e. The fourth-order valence-corrected chi connectivity index (χ4v) is 2.09. The first-order valence-corrected chi connectivity index (χ1v) is 6.09. The van der Waals surface area contributed by atoms with Crippen LogP contribution in [0.3, 0.4) is 0 Å². The Kier molecular flexibility index (Phi) is 5.36. The Bertz CT molecular complexity index is 499. The first-order valence-electron chi connectivity index (χ1n) is 5.28. The third-order valence-corrected chi connectivity index (χ3v) is 2.99. The minimum absolute atomic E-state index is 0.0194. The summed E-state index contributed by atoms with van der Waals surface area (Å²) in [4.78, 5) is 25.1. The van der Waals surface area contributed by atoms with Crippen molar-refractivity contribution in [3.63, 3.8) is 0 Å². The van der Waals surface area contributed by atoms with Crippen LogP contribution in [0, 0.1) is 11.8 Å². The number of nitrogens with zero attached hydrogens (tertiary/aromatic N) is 1. The lowest BCUT2D eigenvalue weighted by Crippen LogP contribution is -2.34. The zero-order valence-electron chi connectivity index (χ0n) is 9.97. The summed E-state index contributed by atoms with van der Waals surface area (Å²) in [5, 5.41) is 8.59. The van der Waals surface area contributed by atoms with Gasteiger partial charge in [0.25, 0.3) is 5.91 Å². The smallest absolute Gasteiger partial charge is 0.264 e. The van der Waals surface area contributed by atoms with Crippen LogP contribution in [0.4, 0.5) is 0 Å². The summed E-state index contributed by atoms with van der Waals surface area (Å²) in [6, 6.07) is 3.40. The van der Waals surface area contributed by atoms with E-state index in [1.54, 1.807) is 12.1 Å². The van der Waals surface area contributed by atoms with Crippen LogP contribution in [0.5, 0.6) is 0 Å². The molecule has 0 saturated carbocycles. The number of amides is 2. The van der Waals surface area contributed by atoms with Gasteiger partial charge in [-0.05, 0) is 12.1 Å². The van der Waals surface area contributed by atoms with Crippen molar-refractivity contribution in [3.05, 3.63) is 21.9 Å². The average Bonchev–Trinajstić information content (AvgIpc) is 2.76. The number of hydrogen-bond acceptors (Lipinski definition) is 4. The molecule has 0 fully saturated rings. The third kappa shape index (κ3) is 4.20. The van der Waals surface area contributed by atoms with Gasteiger partial charge in [0.1, 0.15) is 0 Å². The van der Waals surface area contributed by atoms with Crippen molar-refractivity contribution in [1.29, 1.82) is 0 Å². The molecule has 0 aliphatic carbocycles. The molecule has 5 nitrogen and oxygen atoms in total. The van der Waals surface area contributed by atoms with Crippen LogP contribution in [0.15, 0.2) is 12.1 Å². The molecule has 18 heavy (non-hydrogen) atoms. The van der Waals surface area contributed by atoms with Gasteiger partial charge in [-0.2, -0.15) is 0 Å². The van der Waals surface area contributed by atoms with E-state index in [1.807, 2.05) is 0 Å². The van der Waals surface area contributed by atoms with Crippen molar-refractivity contribution in [2.45, 2.75) is 6.42 Å².